The molecule has 270 valence electrons. The number of benzene rings is 7. The van der Waals surface area contributed by atoms with Crippen molar-refractivity contribution >= 4 is 44.3 Å². The molecule has 1 aliphatic carbocycles. The van der Waals surface area contributed by atoms with E-state index >= 15 is 0 Å². The zero-order chi connectivity index (χ0) is 37.9. The summed E-state index contributed by atoms with van der Waals surface area (Å²) < 4.78 is 2.37. The number of hydrogen-bond acceptors (Lipinski definition) is 4. The number of para-hydroxylation sites is 3. The molecule has 3 heterocycles. The fraction of sp³-hybridized carbons (Fsp3) is 0.0577. The third-order valence-corrected chi connectivity index (χ3v) is 11.6. The highest BCUT2D eigenvalue weighted by atomic mass is 15.2. The molecule has 9 aromatic rings. The molecule has 0 fully saturated rings. The summed E-state index contributed by atoms with van der Waals surface area (Å²) in [6.07, 6.45) is 5.76. The van der Waals surface area contributed by atoms with Crippen LogP contribution in [0.2, 0.25) is 0 Å². The summed E-state index contributed by atoms with van der Waals surface area (Å²) in [6, 6.07) is 64.1. The molecule has 1 unspecified atom stereocenters. The summed E-state index contributed by atoms with van der Waals surface area (Å²) in [6.45, 7) is 2.38. The quantitative estimate of drug-likeness (QED) is 0.171. The van der Waals surface area contributed by atoms with E-state index < -0.39 is 0 Å². The topological polar surface area (TPSA) is 46.8 Å². The lowest BCUT2D eigenvalue weighted by Gasteiger charge is -2.39. The SMILES string of the molecule is CC12CC=C(c3ccc4c(c3)c3ccccc3n4-c3ccc(-c4nc(-c5ccccc5)nc(-c5ccccc5)n4)cc3)C=C1c1ccccc1N2c1ccccc1. The van der Waals surface area contributed by atoms with Gasteiger partial charge >= 0.3 is 0 Å². The van der Waals surface area contributed by atoms with Crippen LogP contribution >= 0.6 is 0 Å². The van der Waals surface area contributed by atoms with Crippen LogP contribution in [0.5, 0.6) is 0 Å². The van der Waals surface area contributed by atoms with Crippen molar-refractivity contribution in [3.63, 3.8) is 0 Å². The van der Waals surface area contributed by atoms with Crippen molar-refractivity contribution in [2.75, 3.05) is 4.90 Å². The Balaban J connectivity index is 0.978. The summed E-state index contributed by atoms with van der Waals surface area (Å²) in [7, 11) is 0. The molecule has 0 N–H and O–H groups in total. The molecule has 5 heteroatoms. The van der Waals surface area contributed by atoms with Crippen molar-refractivity contribution in [2.24, 2.45) is 0 Å². The van der Waals surface area contributed by atoms with E-state index in [9.17, 15) is 0 Å². The van der Waals surface area contributed by atoms with Gasteiger partial charge in [0.1, 0.15) is 0 Å². The number of rotatable bonds is 6. The first-order chi connectivity index (χ1) is 28.1. The van der Waals surface area contributed by atoms with Crippen LogP contribution in [-0.2, 0) is 0 Å². The maximum atomic E-state index is 4.96. The predicted molar refractivity (Wildman–Crippen MR) is 234 cm³/mol. The van der Waals surface area contributed by atoms with Gasteiger partial charge in [-0.25, -0.2) is 15.0 Å². The van der Waals surface area contributed by atoms with Crippen LogP contribution < -0.4 is 4.90 Å². The summed E-state index contributed by atoms with van der Waals surface area (Å²) in [5.74, 6) is 1.95. The number of aromatic nitrogens is 4. The molecule has 57 heavy (non-hydrogen) atoms. The van der Waals surface area contributed by atoms with Crippen LogP contribution in [0.25, 0.3) is 72.8 Å². The molecule has 0 spiro atoms. The molecule has 0 saturated carbocycles. The van der Waals surface area contributed by atoms with E-state index in [1.165, 1.54) is 55.5 Å². The van der Waals surface area contributed by atoms with Crippen molar-refractivity contribution in [3.05, 3.63) is 205 Å². The molecule has 0 amide bonds. The van der Waals surface area contributed by atoms with Crippen LogP contribution in [0, 0.1) is 0 Å². The van der Waals surface area contributed by atoms with E-state index in [1.807, 2.05) is 60.7 Å². The summed E-state index contributed by atoms with van der Waals surface area (Å²) in [4.78, 5) is 17.3. The molecule has 1 atom stereocenters. The normalized spacial score (nSPS) is 16.0. The fourth-order valence-electron chi connectivity index (χ4n) is 8.86. The number of fused-ring (bicyclic) bond motifs is 6. The molecule has 0 saturated heterocycles. The molecular weight excluding hydrogens is 695 g/mol. The van der Waals surface area contributed by atoms with Crippen LogP contribution in [0.4, 0.5) is 11.4 Å². The van der Waals surface area contributed by atoms with Gasteiger partial charge in [0.15, 0.2) is 17.5 Å². The minimum absolute atomic E-state index is 0.172. The Morgan fingerprint density at radius 2 is 1.02 bits per heavy atom. The van der Waals surface area contributed by atoms with Gasteiger partial charge in [-0.15, -0.1) is 0 Å². The van der Waals surface area contributed by atoms with Crippen LogP contribution in [0.3, 0.4) is 0 Å². The predicted octanol–water partition coefficient (Wildman–Crippen LogP) is 12.8. The third kappa shape index (κ3) is 5.42. The smallest absolute Gasteiger partial charge is 0.164 e. The van der Waals surface area contributed by atoms with Gasteiger partial charge in [0.25, 0.3) is 0 Å². The van der Waals surface area contributed by atoms with Gasteiger partial charge in [-0.3, -0.25) is 0 Å². The Morgan fingerprint density at radius 1 is 0.474 bits per heavy atom. The Kier molecular flexibility index (Phi) is 7.61. The van der Waals surface area contributed by atoms with E-state index in [0.717, 1.165) is 28.8 Å². The van der Waals surface area contributed by atoms with Gasteiger partial charge in [0, 0.05) is 50.1 Å². The largest absolute Gasteiger partial charge is 0.331 e. The average molecular weight is 732 g/mol. The monoisotopic (exact) mass is 731 g/mol. The van der Waals surface area contributed by atoms with Gasteiger partial charge in [0.2, 0.25) is 0 Å². The molecule has 7 aromatic carbocycles. The van der Waals surface area contributed by atoms with Crippen molar-refractivity contribution < 1.29 is 0 Å². The van der Waals surface area contributed by atoms with E-state index in [-0.39, 0.29) is 5.54 Å². The van der Waals surface area contributed by atoms with E-state index in [2.05, 4.69) is 150 Å². The Bertz CT molecular complexity index is 2980. The summed E-state index contributed by atoms with van der Waals surface area (Å²) in [5, 5.41) is 2.46. The second kappa shape index (κ2) is 13.1. The van der Waals surface area contributed by atoms with Crippen molar-refractivity contribution in [1.29, 1.82) is 0 Å². The third-order valence-electron chi connectivity index (χ3n) is 11.6. The van der Waals surface area contributed by atoms with Gasteiger partial charge in [-0.2, -0.15) is 0 Å². The van der Waals surface area contributed by atoms with Crippen molar-refractivity contribution in [2.45, 2.75) is 18.9 Å². The standard InChI is InChI=1S/C52H37N5/c1-52-32-31-39(34-45(52)43-22-12-14-24-48(43)57(52)41-19-9-4-10-20-41)38-27-30-47-44(33-38)42-21-11-13-23-46(42)56(47)40-28-25-37(26-29-40)51-54-49(35-15-5-2-6-16-35)53-50(55-51)36-17-7-3-8-18-36/h2-31,33-34H,32H2,1H3. The maximum absolute atomic E-state index is 4.96. The minimum atomic E-state index is -0.172. The summed E-state index contributed by atoms with van der Waals surface area (Å²) in [5.41, 5.74) is 13.7. The Hall–Kier alpha value is -7.37. The lowest BCUT2D eigenvalue weighted by atomic mass is 9.80. The van der Waals surface area contributed by atoms with Gasteiger partial charge < -0.3 is 9.47 Å². The first kappa shape index (κ1) is 33.0. The fourth-order valence-corrected chi connectivity index (χ4v) is 8.86. The minimum Gasteiger partial charge on any atom is -0.331 e. The number of nitrogens with zero attached hydrogens (tertiary/aromatic N) is 5. The second-order valence-corrected chi connectivity index (χ2v) is 15.1. The lowest BCUT2D eigenvalue weighted by molar-refractivity contribution is 0.608. The van der Waals surface area contributed by atoms with Crippen molar-refractivity contribution in [3.8, 4) is 39.9 Å². The number of hydrogen-bond donors (Lipinski definition) is 0. The molecule has 11 rings (SSSR count). The molecule has 5 nitrogen and oxygen atoms in total. The zero-order valence-corrected chi connectivity index (χ0v) is 31.4. The number of anilines is 2. The second-order valence-electron chi connectivity index (χ2n) is 15.1. The highest BCUT2D eigenvalue weighted by molar-refractivity contribution is 6.11. The highest BCUT2D eigenvalue weighted by Gasteiger charge is 2.45. The van der Waals surface area contributed by atoms with E-state index in [4.69, 9.17) is 15.0 Å². The Morgan fingerprint density at radius 3 is 1.70 bits per heavy atom. The first-order valence-electron chi connectivity index (χ1n) is 19.5. The van der Waals surface area contributed by atoms with Gasteiger partial charge in [-0.05, 0) is 96.8 Å². The highest BCUT2D eigenvalue weighted by Crippen LogP contribution is 2.55. The van der Waals surface area contributed by atoms with Gasteiger partial charge in [-0.1, -0.05) is 127 Å². The first-order valence-corrected chi connectivity index (χ1v) is 19.5. The van der Waals surface area contributed by atoms with Crippen LogP contribution in [-0.4, -0.2) is 25.1 Å². The van der Waals surface area contributed by atoms with E-state index in [1.54, 1.807) is 0 Å². The average Bonchev–Trinajstić information content (AvgIpc) is 3.75. The molecular formula is C52H37N5. The number of allylic oxidation sites excluding steroid dienone is 2. The molecule has 2 aromatic heterocycles. The summed E-state index contributed by atoms with van der Waals surface area (Å²) >= 11 is 0. The van der Waals surface area contributed by atoms with E-state index in [0.29, 0.717) is 17.5 Å². The zero-order valence-electron chi connectivity index (χ0n) is 31.4. The molecule has 1 aliphatic heterocycles. The maximum Gasteiger partial charge on any atom is 0.164 e. The molecule has 0 radical (unpaired) electrons. The lowest BCUT2D eigenvalue weighted by Crippen LogP contribution is -2.40. The Labute approximate surface area is 331 Å². The van der Waals surface area contributed by atoms with Crippen LogP contribution in [0.1, 0.15) is 24.5 Å². The van der Waals surface area contributed by atoms with Crippen LogP contribution in [0.15, 0.2) is 194 Å². The molecule has 2 aliphatic rings. The van der Waals surface area contributed by atoms with Gasteiger partial charge in [0.05, 0.1) is 16.6 Å². The van der Waals surface area contributed by atoms with Crippen molar-refractivity contribution in [1.82, 2.24) is 19.5 Å². The molecule has 0 bridgehead atoms.